The van der Waals surface area contributed by atoms with E-state index in [1.165, 1.54) is 0 Å². The van der Waals surface area contributed by atoms with Gasteiger partial charge in [-0.3, -0.25) is 0 Å². The number of nitrogen functional groups attached to an aromatic ring is 1. The van der Waals surface area contributed by atoms with Crippen LogP contribution in [0.25, 0.3) is 0 Å². The molecule has 0 spiro atoms. The third kappa shape index (κ3) is 3.40. The predicted octanol–water partition coefficient (Wildman–Crippen LogP) is 1.18. The number of aromatic nitrogens is 1. The summed E-state index contributed by atoms with van der Waals surface area (Å²) in [6.45, 7) is 4.53. The third-order valence-corrected chi connectivity index (χ3v) is 2.41. The summed E-state index contributed by atoms with van der Waals surface area (Å²) in [6.07, 6.45) is 2.13. The number of pyridine rings is 1. The molecule has 0 fully saturated rings. The predicted molar refractivity (Wildman–Crippen MR) is 63.0 cm³/mol. The van der Waals surface area contributed by atoms with Crippen molar-refractivity contribution in [2.45, 2.75) is 26.4 Å². The van der Waals surface area contributed by atoms with Crippen molar-refractivity contribution in [3.05, 3.63) is 17.8 Å². The lowest BCUT2D eigenvalue weighted by molar-refractivity contribution is 0.187. The first-order valence-electron chi connectivity index (χ1n) is 5.12. The second-order valence-electron chi connectivity index (χ2n) is 3.96. The van der Waals surface area contributed by atoms with Gasteiger partial charge >= 0.3 is 0 Å². The van der Waals surface area contributed by atoms with Crippen LogP contribution in [0.2, 0.25) is 0 Å². The van der Waals surface area contributed by atoms with Crippen molar-refractivity contribution < 1.29 is 5.11 Å². The first-order chi connectivity index (χ1) is 7.00. The van der Waals surface area contributed by atoms with Gasteiger partial charge in [0, 0.05) is 13.6 Å². The summed E-state index contributed by atoms with van der Waals surface area (Å²) in [5, 5.41) is 9.18. The topological polar surface area (TPSA) is 62.4 Å². The highest BCUT2D eigenvalue weighted by Crippen LogP contribution is 2.16. The molecule has 15 heavy (non-hydrogen) atoms. The first kappa shape index (κ1) is 11.8. The van der Waals surface area contributed by atoms with E-state index in [1.807, 2.05) is 24.9 Å². The van der Waals surface area contributed by atoms with Crippen molar-refractivity contribution in [2.75, 3.05) is 24.2 Å². The molecule has 0 saturated heterocycles. The molecule has 1 rings (SSSR count). The summed E-state index contributed by atoms with van der Waals surface area (Å²) in [5.41, 5.74) is 7.43. The lowest BCUT2D eigenvalue weighted by Gasteiger charge is -2.19. The van der Waals surface area contributed by atoms with E-state index >= 15 is 0 Å². The highest BCUT2D eigenvalue weighted by molar-refractivity contribution is 5.51. The number of rotatable bonds is 4. The van der Waals surface area contributed by atoms with Gasteiger partial charge in [0.25, 0.3) is 0 Å². The third-order valence-electron chi connectivity index (χ3n) is 2.41. The van der Waals surface area contributed by atoms with Gasteiger partial charge in [-0.1, -0.05) is 0 Å². The lowest BCUT2D eigenvalue weighted by Crippen LogP contribution is -2.22. The number of aryl methyl sites for hydroxylation is 1. The van der Waals surface area contributed by atoms with Crippen LogP contribution in [0.1, 0.15) is 18.9 Å². The number of aliphatic hydroxyl groups excluding tert-OH is 1. The molecular weight excluding hydrogens is 190 g/mol. The Bertz CT molecular complexity index is 326. The second kappa shape index (κ2) is 4.98. The van der Waals surface area contributed by atoms with Crippen molar-refractivity contribution in [1.82, 2.24) is 4.98 Å². The average Bonchev–Trinajstić information content (AvgIpc) is 2.18. The number of anilines is 2. The summed E-state index contributed by atoms with van der Waals surface area (Å²) in [6, 6.07) is 1.96. The van der Waals surface area contributed by atoms with Crippen LogP contribution in [0.5, 0.6) is 0 Å². The van der Waals surface area contributed by atoms with Gasteiger partial charge in [0.1, 0.15) is 5.82 Å². The Hall–Kier alpha value is -1.29. The molecule has 0 radical (unpaired) electrons. The molecule has 1 aromatic rings. The van der Waals surface area contributed by atoms with Crippen LogP contribution in [0.3, 0.4) is 0 Å². The summed E-state index contributed by atoms with van der Waals surface area (Å²) < 4.78 is 0. The molecule has 0 bridgehead atoms. The smallest absolute Gasteiger partial charge is 0.128 e. The molecular formula is C11H19N3O. The van der Waals surface area contributed by atoms with E-state index in [4.69, 9.17) is 5.73 Å². The molecule has 0 aliphatic heterocycles. The van der Waals surface area contributed by atoms with Crippen molar-refractivity contribution in [2.24, 2.45) is 0 Å². The quantitative estimate of drug-likeness (QED) is 0.781. The Morgan fingerprint density at radius 3 is 2.80 bits per heavy atom. The number of hydrogen-bond donors (Lipinski definition) is 2. The van der Waals surface area contributed by atoms with Gasteiger partial charge in [-0.25, -0.2) is 4.98 Å². The van der Waals surface area contributed by atoms with Gasteiger partial charge in [-0.15, -0.1) is 0 Å². The molecule has 0 saturated carbocycles. The molecule has 1 aromatic heterocycles. The van der Waals surface area contributed by atoms with E-state index < -0.39 is 0 Å². The first-order valence-corrected chi connectivity index (χ1v) is 5.12. The SMILES string of the molecule is Cc1cc(N(C)CCC(C)O)ncc1N. The zero-order valence-corrected chi connectivity index (χ0v) is 9.57. The van der Waals surface area contributed by atoms with Crippen molar-refractivity contribution in [3.8, 4) is 0 Å². The Morgan fingerprint density at radius 1 is 1.60 bits per heavy atom. The van der Waals surface area contributed by atoms with E-state index in [9.17, 15) is 5.11 Å². The maximum Gasteiger partial charge on any atom is 0.128 e. The number of nitrogens with zero attached hydrogens (tertiary/aromatic N) is 2. The van der Waals surface area contributed by atoms with Gasteiger partial charge in [0.2, 0.25) is 0 Å². The van der Waals surface area contributed by atoms with Crippen LogP contribution in [0, 0.1) is 6.92 Å². The molecule has 3 N–H and O–H groups in total. The molecule has 4 nitrogen and oxygen atoms in total. The van der Waals surface area contributed by atoms with Gasteiger partial charge in [-0.2, -0.15) is 0 Å². The highest BCUT2D eigenvalue weighted by Gasteiger charge is 2.05. The minimum atomic E-state index is -0.276. The van der Waals surface area contributed by atoms with Crippen molar-refractivity contribution in [1.29, 1.82) is 0 Å². The normalized spacial score (nSPS) is 12.5. The van der Waals surface area contributed by atoms with Crippen LogP contribution in [-0.4, -0.2) is 29.8 Å². The highest BCUT2D eigenvalue weighted by atomic mass is 16.3. The van der Waals surface area contributed by atoms with Crippen LogP contribution in [0.4, 0.5) is 11.5 Å². The fraction of sp³-hybridized carbons (Fsp3) is 0.545. The molecule has 1 unspecified atom stereocenters. The Morgan fingerprint density at radius 2 is 2.27 bits per heavy atom. The fourth-order valence-electron chi connectivity index (χ4n) is 1.26. The summed E-state index contributed by atoms with van der Waals surface area (Å²) in [4.78, 5) is 6.25. The number of hydrogen-bond acceptors (Lipinski definition) is 4. The van der Waals surface area contributed by atoms with Crippen LogP contribution in [-0.2, 0) is 0 Å². The zero-order valence-electron chi connectivity index (χ0n) is 9.57. The number of aliphatic hydroxyl groups is 1. The summed E-state index contributed by atoms with van der Waals surface area (Å²) >= 11 is 0. The molecule has 1 heterocycles. The molecule has 0 aliphatic carbocycles. The van der Waals surface area contributed by atoms with E-state index in [0.29, 0.717) is 5.69 Å². The maximum absolute atomic E-state index is 9.18. The van der Waals surface area contributed by atoms with E-state index in [1.54, 1.807) is 13.1 Å². The summed E-state index contributed by atoms with van der Waals surface area (Å²) in [5.74, 6) is 0.891. The molecule has 84 valence electrons. The van der Waals surface area contributed by atoms with Gasteiger partial charge in [-0.05, 0) is 31.9 Å². The van der Waals surface area contributed by atoms with Gasteiger partial charge in [0.15, 0.2) is 0 Å². The molecule has 0 amide bonds. The van der Waals surface area contributed by atoms with Crippen molar-refractivity contribution in [3.63, 3.8) is 0 Å². The maximum atomic E-state index is 9.18. The van der Waals surface area contributed by atoms with Gasteiger partial charge < -0.3 is 15.7 Å². The van der Waals surface area contributed by atoms with Crippen LogP contribution in [0.15, 0.2) is 12.3 Å². The molecule has 4 heteroatoms. The van der Waals surface area contributed by atoms with Gasteiger partial charge in [0.05, 0.1) is 18.0 Å². The van der Waals surface area contributed by atoms with E-state index in [0.717, 1.165) is 24.3 Å². The van der Waals surface area contributed by atoms with E-state index in [-0.39, 0.29) is 6.10 Å². The van der Waals surface area contributed by atoms with Crippen LogP contribution >= 0.6 is 0 Å². The number of nitrogens with two attached hydrogens (primary N) is 1. The van der Waals surface area contributed by atoms with E-state index in [2.05, 4.69) is 4.98 Å². The standard InChI is InChI=1S/C11H19N3O/c1-8-6-11(13-7-10(8)12)14(3)5-4-9(2)15/h6-7,9,15H,4-5,12H2,1-3H3. The summed E-state index contributed by atoms with van der Waals surface area (Å²) in [7, 11) is 1.96. The molecule has 0 aromatic carbocycles. The monoisotopic (exact) mass is 209 g/mol. The lowest BCUT2D eigenvalue weighted by atomic mass is 10.2. The zero-order chi connectivity index (χ0) is 11.4. The van der Waals surface area contributed by atoms with Crippen LogP contribution < -0.4 is 10.6 Å². The molecule has 1 atom stereocenters. The Kier molecular flexibility index (Phi) is 3.91. The minimum Gasteiger partial charge on any atom is -0.397 e. The average molecular weight is 209 g/mol. The second-order valence-corrected chi connectivity index (χ2v) is 3.96. The van der Waals surface area contributed by atoms with Crippen molar-refractivity contribution >= 4 is 11.5 Å². The molecule has 0 aliphatic rings. The Balaban J connectivity index is 2.65. The Labute approximate surface area is 90.7 Å². The minimum absolute atomic E-state index is 0.276. The largest absolute Gasteiger partial charge is 0.397 e. The fourth-order valence-corrected chi connectivity index (χ4v) is 1.26.